The van der Waals surface area contributed by atoms with E-state index >= 15 is 0 Å². The molecule has 1 N–H and O–H groups in total. The lowest BCUT2D eigenvalue weighted by Crippen LogP contribution is -2.32. The van der Waals surface area contributed by atoms with E-state index in [0.29, 0.717) is 6.10 Å². The van der Waals surface area contributed by atoms with Crippen LogP contribution in [0.4, 0.5) is 0 Å². The fourth-order valence-electron chi connectivity index (χ4n) is 3.46. The Morgan fingerprint density at radius 1 is 1.37 bits per heavy atom. The Bertz CT molecular complexity index is 411. The molecule has 2 heterocycles. The predicted octanol–water partition coefficient (Wildman–Crippen LogP) is 1.88. The summed E-state index contributed by atoms with van der Waals surface area (Å²) in [5, 5.41) is 7.53. The van der Waals surface area contributed by atoms with Gasteiger partial charge in [0.1, 0.15) is 6.33 Å². The van der Waals surface area contributed by atoms with Gasteiger partial charge in [-0.25, -0.2) is 4.98 Å². The molecule has 1 unspecified atom stereocenters. The fraction of sp³-hybridized carbons (Fsp3) is 0.857. The first-order chi connectivity index (χ1) is 9.30. The van der Waals surface area contributed by atoms with E-state index in [4.69, 9.17) is 4.74 Å². The summed E-state index contributed by atoms with van der Waals surface area (Å²) in [6.45, 7) is 1.57. The van der Waals surface area contributed by atoms with Crippen molar-refractivity contribution >= 4 is 0 Å². The van der Waals surface area contributed by atoms with Crippen molar-refractivity contribution in [3.8, 4) is 0 Å². The smallest absolute Gasteiger partial charge is 0.164 e. The van der Waals surface area contributed by atoms with E-state index in [1.54, 1.807) is 0 Å². The third kappa shape index (κ3) is 2.98. The molecule has 1 aromatic heterocycles. The zero-order valence-corrected chi connectivity index (χ0v) is 11.8. The first-order valence-corrected chi connectivity index (χ1v) is 7.50. The molecule has 19 heavy (non-hydrogen) atoms. The third-order valence-corrected chi connectivity index (χ3v) is 4.41. The van der Waals surface area contributed by atoms with Crippen molar-refractivity contribution in [2.45, 2.75) is 69.7 Å². The number of nitrogens with one attached hydrogen (secondary N) is 1. The lowest BCUT2D eigenvalue weighted by molar-refractivity contribution is -0.0688. The number of hydrogen-bond acceptors (Lipinski definition) is 4. The molecule has 0 amide bonds. The maximum absolute atomic E-state index is 6.36. The Morgan fingerprint density at radius 3 is 3.00 bits per heavy atom. The molecule has 1 aliphatic heterocycles. The lowest BCUT2D eigenvalue weighted by Gasteiger charge is -2.33. The van der Waals surface area contributed by atoms with Gasteiger partial charge in [0.2, 0.25) is 0 Å². The van der Waals surface area contributed by atoms with E-state index in [1.807, 2.05) is 18.1 Å². The van der Waals surface area contributed by atoms with Gasteiger partial charge in [-0.15, -0.1) is 0 Å². The summed E-state index contributed by atoms with van der Waals surface area (Å²) in [5.41, 5.74) is 0.206. The Hall–Kier alpha value is -0.940. The number of aromatic nitrogens is 3. The molecule has 1 spiro atoms. The van der Waals surface area contributed by atoms with Crippen LogP contribution in [0, 0.1) is 0 Å². The standard InChI is InChI=1S/C14H24N4O/c1-15-9-13-16-11-18(17-13)10-12-5-8-14(19-12)6-3-2-4-7-14/h11-12,15H,2-10H2,1H3. The molecule has 1 saturated carbocycles. The number of nitrogens with zero attached hydrogens (tertiary/aromatic N) is 3. The van der Waals surface area contributed by atoms with Crippen molar-refractivity contribution in [2.75, 3.05) is 7.05 Å². The van der Waals surface area contributed by atoms with Crippen molar-refractivity contribution < 1.29 is 4.74 Å². The van der Waals surface area contributed by atoms with Crippen molar-refractivity contribution in [2.24, 2.45) is 0 Å². The minimum Gasteiger partial charge on any atom is -0.370 e. The quantitative estimate of drug-likeness (QED) is 0.902. The Morgan fingerprint density at radius 2 is 2.21 bits per heavy atom. The van der Waals surface area contributed by atoms with E-state index in [0.717, 1.165) is 18.9 Å². The van der Waals surface area contributed by atoms with Crippen molar-refractivity contribution in [3.05, 3.63) is 12.2 Å². The topological polar surface area (TPSA) is 52.0 Å². The first kappa shape index (κ1) is 13.1. The van der Waals surface area contributed by atoms with Crippen LogP contribution in [0.15, 0.2) is 6.33 Å². The Kier molecular flexibility index (Phi) is 3.84. The number of rotatable bonds is 4. The summed E-state index contributed by atoms with van der Waals surface area (Å²) in [4.78, 5) is 4.29. The van der Waals surface area contributed by atoms with Crippen LogP contribution < -0.4 is 5.32 Å². The molecule has 0 radical (unpaired) electrons. The van der Waals surface area contributed by atoms with Crippen LogP contribution in [0.25, 0.3) is 0 Å². The van der Waals surface area contributed by atoms with E-state index < -0.39 is 0 Å². The zero-order chi connectivity index (χ0) is 13.1. The van der Waals surface area contributed by atoms with E-state index in [-0.39, 0.29) is 5.60 Å². The normalized spacial score (nSPS) is 26.1. The second kappa shape index (κ2) is 5.59. The first-order valence-electron chi connectivity index (χ1n) is 7.50. The van der Waals surface area contributed by atoms with Crippen LogP contribution in [0.1, 0.15) is 50.8 Å². The highest BCUT2D eigenvalue weighted by Crippen LogP contribution is 2.42. The van der Waals surface area contributed by atoms with Crippen LogP contribution in [0.3, 0.4) is 0 Å². The molecule has 1 aliphatic carbocycles. The molecule has 5 heteroatoms. The summed E-state index contributed by atoms with van der Waals surface area (Å²) in [6, 6.07) is 0. The molecule has 0 aromatic carbocycles. The molecule has 106 valence electrons. The van der Waals surface area contributed by atoms with Gasteiger partial charge in [-0.1, -0.05) is 19.3 Å². The summed E-state index contributed by atoms with van der Waals surface area (Å²) >= 11 is 0. The van der Waals surface area contributed by atoms with E-state index in [9.17, 15) is 0 Å². The molecule has 5 nitrogen and oxygen atoms in total. The third-order valence-electron chi connectivity index (χ3n) is 4.41. The van der Waals surface area contributed by atoms with Gasteiger partial charge < -0.3 is 10.1 Å². The van der Waals surface area contributed by atoms with Crippen LogP contribution in [0.5, 0.6) is 0 Å². The minimum atomic E-state index is 0.206. The average molecular weight is 264 g/mol. The van der Waals surface area contributed by atoms with Gasteiger partial charge in [0, 0.05) is 0 Å². The van der Waals surface area contributed by atoms with Gasteiger partial charge in [0.15, 0.2) is 5.82 Å². The number of ether oxygens (including phenoxy) is 1. The van der Waals surface area contributed by atoms with Crippen LogP contribution in [-0.2, 0) is 17.8 Å². The monoisotopic (exact) mass is 264 g/mol. The van der Waals surface area contributed by atoms with Crippen LogP contribution in [0.2, 0.25) is 0 Å². The second-order valence-electron chi connectivity index (χ2n) is 5.94. The molecule has 3 rings (SSSR count). The molecular weight excluding hydrogens is 240 g/mol. The molecule has 0 bridgehead atoms. The molecular formula is C14H24N4O. The van der Waals surface area contributed by atoms with Gasteiger partial charge in [0.05, 0.1) is 24.8 Å². The van der Waals surface area contributed by atoms with Gasteiger partial charge in [-0.2, -0.15) is 5.10 Å². The molecule has 2 aliphatic rings. The highest BCUT2D eigenvalue weighted by Gasteiger charge is 2.40. The molecule has 2 fully saturated rings. The SMILES string of the molecule is CNCc1ncn(CC2CCC3(CCCCC3)O2)n1. The van der Waals surface area contributed by atoms with E-state index in [2.05, 4.69) is 15.4 Å². The Labute approximate surface area is 114 Å². The minimum absolute atomic E-state index is 0.206. The summed E-state index contributed by atoms with van der Waals surface area (Å²) < 4.78 is 8.29. The van der Waals surface area contributed by atoms with Crippen molar-refractivity contribution in [1.29, 1.82) is 0 Å². The highest BCUT2D eigenvalue weighted by atomic mass is 16.5. The molecule has 1 saturated heterocycles. The average Bonchev–Trinajstić information content (AvgIpc) is 3.00. The summed E-state index contributed by atoms with van der Waals surface area (Å²) in [7, 11) is 1.91. The van der Waals surface area contributed by atoms with Crippen LogP contribution >= 0.6 is 0 Å². The molecule has 1 aromatic rings. The largest absolute Gasteiger partial charge is 0.370 e. The van der Waals surface area contributed by atoms with E-state index in [1.165, 1.54) is 44.9 Å². The highest BCUT2D eigenvalue weighted by molar-refractivity contribution is 4.91. The van der Waals surface area contributed by atoms with Gasteiger partial charge in [0.25, 0.3) is 0 Å². The van der Waals surface area contributed by atoms with Crippen molar-refractivity contribution in [1.82, 2.24) is 20.1 Å². The fourth-order valence-corrected chi connectivity index (χ4v) is 3.46. The predicted molar refractivity (Wildman–Crippen MR) is 72.7 cm³/mol. The number of hydrogen-bond donors (Lipinski definition) is 1. The van der Waals surface area contributed by atoms with Crippen LogP contribution in [-0.4, -0.2) is 33.5 Å². The summed E-state index contributed by atoms with van der Waals surface area (Å²) in [6.07, 6.45) is 11.1. The van der Waals surface area contributed by atoms with Gasteiger partial charge >= 0.3 is 0 Å². The maximum atomic E-state index is 6.36. The van der Waals surface area contributed by atoms with Gasteiger partial charge in [-0.05, 0) is 32.7 Å². The zero-order valence-electron chi connectivity index (χ0n) is 11.8. The molecule has 1 atom stereocenters. The maximum Gasteiger partial charge on any atom is 0.164 e. The lowest BCUT2D eigenvalue weighted by atomic mass is 9.83. The van der Waals surface area contributed by atoms with Gasteiger partial charge in [-0.3, -0.25) is 4.68 Å². The summed E-state index contributed by atoms with van der Waals surface area (Å²) in [5.74, 6) is 0.855. The Balaban J connectivity index is 1.55. The van der Waals surface area contributed by atoms with Crippen molar-refractivity contribution in [3.63, 3.8) is 0 Å². The second-order valence-corrected chi connectivity index (χ2v) is 5.94.